The Kier molecular flexibility index (Phi) is 2.96. The number of amides is 1. The molecule has 0 saturated carbocycles. The minimum Gasteiger partial charge on any atom is -0.388 e. The summed E-state index contributed by atoms with van der Waals surface area (Å²) in [7, 11) is 0. The number of fused-ring (bicyclic) bond motifs is 1. The average molecular weight is 233 g/mol. The zero-order valence-electron chi connectivity index (χ0n) is 10.5. The van der Waals surface area contributed by atoms with E-state index < -0.39 is 11.5 Å². The summed E-state index contributed by atoms with van der Waals surface area (Å²) in [6, 6.07) is 7.68. The SMILES string of the molecule is CC(C)(C)C(=O)N[C@@H]1C[C@H](O)c2ccccc21. The summed E-state index contributed by atoms with van der Waals surface area (Å²) < 4.78 is 0. The molecule has 0 unspecified atom stereocenters. The molecule has 1 aliphatic rings. The van der Waals surface area contributed by atoms with E-state index in [2.05, 4.69) is 5.32 Å². The van der Waals surface area contributed by atoms with Gasteiger partial charge in [0.1, 0.15) is 0 Å². The zero-order valence-corrected chi connectivity index (χ0v) is 10.5. The van der Waals surface area contributed by atoms with Crippen LogP contribution in [0.15, 0.2) is 24.3 Å². The number of carbonyl (C=O) groups is 1. The minimum absolute atomic E-state index is 0.0198. The van der Waals surface area contributed by atoms with Crippen molar-refractivity contribution in [3.63, 3.8) is 0 Å². The van der Waals surface area contributed by atoms with Gasteiger partial charge in [-0.25, -0.2) is 0 Å². The van der Waals surface area contributed by atoms with Crippen LogP contribution in [0.3, 0.4) is 0 Å². The van der Waals surface area contributed by atoms with Gasteiger partial charge in [0.2, 0.25) is 5.91 Å². The van der Waals surface area contributed by atoms with Crippen LogP contribution in [0.5, 0.6) is 0 Å². The molecule has 0 spiro atoms. The topological polar surface area (TPSA) is 49.3 Å². The molecule has 0 heterocycles. The van der Waals surface area contributed by atoms with Gasteiger partial charge < -0.3 is 10.4 Å². The van der Waals surface area contributed by atoms with E-state index in [4.69, 9.17) is 0 Å². The van der Waals surface area contributed by atoms with Gasteiger partial charge in [0.15, 0.2) is 0 Å². The third kappa shape index (κ3) is 2.34. The fourth-order valence-corrected chi connectivity index (χ4v) is 2.12. The second-order valence-corrected chi connectivity index (χ2v) is 5.66. The highest BCUT2D eigenvalue weighted by Crippen LogP contribution is 2.38. The van der Waals surface area contributed by atoms with Gasteiger partial charge in [-0.3, -0.25) is 4.79 Å². The average Bonchev–Trinajstić information content (AvgIpc) is 2.56. The van der Waals surface area contributed by atoms with Crippen LogP contribution < -0.4 is 5.32 Å². The fourth-order valence-electron chi connectivity index (χ4n) is 2.12. The zero-order chi connectivity index (χ0) is 12.6. The first kappa shape index (κ1) is 12.1. The second kappa shape index (κ2) is 4.15. The molecule has 3 heteroatoms. The van der Waals surface area contributed by atoms with Crippen LogP contribution in [0.2, 0.25) is 0 Å². The highest BCUT2D eigenvalue weighted by atomic mass is 16.3. The number of hydrogen-bond acceptors (Lipinski definition) is 2. The van der Waals surface area contributed by atoms with E-state index in [-0.39, 0.29) is 11.9 Å². The lowest BCUT2D eigenvalue weighted by atomic mass is 9.94. The maximum atomic E-state index is 11.9. The molecule has 17 heavy (non-hydrogen) atoms. The summed E-state index contributed by atoms with van der Waals surface area (Å²) in [4.78, 5) is 11.9. The van der Waals surface area contributed by atoms with Gasteiger partial charge in [0, 0.05) is 11.8 Å². The first-order chi connectivity index (χ1) is 7.89. The summed E-state index contributed by atoms with van der Waals surface area (Å²) >= 11 is 0. The van der Waals surface area contributed by atoms with Gasteiger partial charge in [-0.2, -0.15) is 0 Å². The molecule has 2 N–H and O–H groups in total. The largest absolute Gasteiger partial charge is 0.388 e. The molecule has 0 aromatic heterocycles. The Labute approximate surface area is 102 Å². The molecule has 2 rings (SSSR count). The number of benzene rings is 1. The van der Waals surface area contributed by atoms with E-state index in [1.54, 1.807) is 0 Å². The highest BCUT2D eigenvalue weighted by Gasteiger charge is 2.32. The van der Waals surface area contributed by atoms with Crippen molar-refractivity contribution < 1.29 is 9.90 Å². The fraction of sp³-hybridized carbons (Fsp3) is 0.500. The number of carbonyl (C=O) groups excluding carboxylic acids is 1. The molecule has 1 aromatic rings. The third-order valence-corrected chi connectivity index (χ3v) is 3.18. The Hall–Kier alpha value is -1.35. The van der Waals surface area contributed by atoms with Gasteiger partial charge in [-0.05, 0) is 11.1 Å². The maximum Gasteiger partial charge on any atom is 0.225 e. The summed E-state index contributed by atoms with van der Waals surface area (Å²) in [5, 5.41) is 12.9. The molecule has 1 aromatic carbocycles. The Bertz CT molecular complexity index is 434. The van der Waals surface area contributed by atoms with Crippen molar-refractivity contribution in [3.8, 4) is 0 Å². The van der Waals surface area contributed by atoms with Crippen LogP contribution in [0.1, 0.15) is 50.5 Å². The molecule has 0 radical (unpaired) electrons. The van der Waals surface area contributed by atoms with Crippen molar-refractivity contribution in [1.29, 1.82) is 0 Å². The predicted octanol–water partition coefficient (Wildman–Crippen LogP) is 2.33. The summed E-state index contributed by atoms with van der Waals surface area (Å²) in [5.74, 6) is 0.0198. The normalized spacial score (nSPS) is 23.3. The van der Waals surface area contributed by atoms with Crippen molar-refractivity contribution in [3.05, 3.63) is 35.4 Å². The number of rotatable bonds is 1. The maximum absolute atomic E-state index is 11.9. The van der Waals surface area contributed by atoms with E-state index in [1.807, 2.05) is 45.0 Å². The second-order valence-electron chi connectivity index (χ2n) is 5.66. The molecule has 1 amide bonds. The minimum atomic E-state index is -0.462. The quantitative estimate of drug-likeness (QED) is 0.782. The number of aliphatic hydroxyl groups is 1. The van der Waals surface area contributed by atoms with Gasteiger partial charge >= 0.3 is 0 Å². The van der Waals surface area contributed by atoms with Crippen LogP contribution in [0.25, 0.3) is 0 Å². The molecule has 92 valence electrons. The lowest BCUT2D eigenvalue weighted by Crippen LogP contribution is -2.36. The molecule has 0 saturated heterocycles. The van der Waals surface area contributed by atoms with E-state index >= 15 is 0 Å². The van der Waals surface area contributed by atoms with Crippen molar-refractivity contribution in [1.82, 2.24) is 5.32 Å². The molecule has 3 nitrogen and oxygen atoms in total. The number of nitrogens with one attached hydrogen (secondary N) is 1. The van der Waals surface area contributed by atoms with Gasteiger partial charge in [0.25, 0.3) is 0 Å². The first-order valence-corrected chi connectivity index (χ1v) is 5.97. The summed E-state index contributed by atoms with van der Waals surface area (Å²) in [6.07, 6.45) is 0.109. The lowest BCUT2D eigenvalue weighted by molar-refractivity contribution is -0.129. The number of hydrogen-bond donors (Lipinski definition) is 2. The Morgan fingerprint density at radius 1 is 1.29 bits per heavy atom. The molecule has 1 aliphatic carbocycles. The van der Waals surface area contributed by atoms with E-state index in [1.165, 1.54) is 0 Å². The Morgan fingerprint density at radius 2 is 1.88 bits per heavy atom. The van der Waals surface area contributed by atoms with Crippen molar-refractivity contribution in [2.45, 2.75) is 39.3 Å². The van der Waals surface area contributed by atoms with Crippen LogP contribution >= 0.6 is 0 Å². The van der Waals surface area contributed by atoms with Crippen LogP contribution in [0, 0.1) is 5.41 Å². The van der Waals surface area contributed by atoms with E-state index in [9.17, 15) is 9.90 Å². The number of aliphatic hydroxyl groups excluding tert-OH is 1. The van der Waals surface area contributed by atoms with Gasteiger partial charge in [-0.1, -0.05) is 45.0 Å². The van der Waals surface area contributed by atoms with Crippen molar-refractivity contribution in [2.75, 3.05) is 0 Å². The van der Waals surface area contributed by atoms with Gasteiger partial charge in [-0.15, -0.1) is 0 Å². The highest BCUT2D eigenvalue weighted by molar-refractivity contribution is 5.81. The van der Waals surface area contributed by atoms with Crippen LogP contribution in [-0.2, 0) is 4.79 Å². The van der Waals surface area contributed by atoms with Crippen LogP contribution in [-0.4, -0.2) is 11.0 Å². The molecule has 0 fully saturated rings. The molecular weight excluding hydrogens is 214 g/mol. The van der Waals surface area contributed by atoms with E-state index in [0.29, 0.717) is 6.42 Å². The third-order valence-electron chi connectivity index (χ3n) is 3.18. The van der Waals surface area contributed by atoms with Crippen molar-refractivity contribution in [2.24, 2.45) is 5.41 Å². The molecule has 0 bridgehead atoms. The first-order valence-electron chi connectivity index (χ1n) is 5.97. The van der Waals surface area contributed by atoms with Gasteiger partial charge in [0.05, 0.1) is 12.1 Å². The molecule has 2 atom stereocenters. The molecular formula is C14H19NO2. The van der Waals surface area contributed by atoms with E-state index in [0.717, 1.165) is 11.1 Å². The predicted molar refractivity (Wildman–Crippen MR) is 66.4 cm³/mol. The Balaban J connectivity index is 2.18. The molecule has 0 aliphatic heterocycles. The smallest absolute Gasteiger partial charge is 0.225 e. The van der Waals surface area contributed by atoms with Crippen LogP contribution in [0.4, 0.5) is 0 Å². The summed E-state index contributed by atoms with van der Waals surface area (Å²) in [5.41, 5.74) is 1.58. The van der Waals surface area contributed by atoms with Crippen molar-refractivity contribution >= 4 is 5.91 Å². The Morgan fingerprint density at radius 3 is 2.47 bits per heavy atom. The monoisotopic (exact) mass is 233 g/mol. The summed E-state index contributed by atoms with van der Waals surface area (Å²) in [6.45, 7) is 5.67. The lowest BCUT2D eigenvalue weighted by Gasteiger charge is -2.22. The standard InChI is InChI=1S/C14H19NO2/c1-14(2,3)13(17)15-11-8-12(16)10-7-5-4-6-9(10)11/h4-7,11-12,16H,8H2,1-3H3,(H,15,17)/t11-,12+/m1/s1.